The highest BCUT2D eigenvalue weighted by molar-refractivity contribution is 6.07. The van der Waals surface area contributed by atoms with Crippen LogP contribution in [0.3, 0.4) is 0 Å². The van der Waals surface area contributed by atoms with Crippen molar-refractivity contribution in [2.75, 3.05) is 19.5 Å². The summed E-state index contributed by atoms with van der Waals surface area (Å²) >= 11 is 0. The molecule has 2 aromatic carbocycles. The molecular formula is C20H20N4O6. The number of carbonyl (C=O) groups excluding carboxylic acids is 2. The van der Waals surface area contributed by atoms with Gasteiger partial charge in [0.1, 0.15) is 11.5 Å². The Morgan fingerprint density at radius 2 is 1.83 bits per heavy atom. The van der Waals surface area contributed by atoms with E-state index < -0.39 is 22.9 Å². The Labute approximate surface area is 172 Å². The van der Waals surface area contributed by atoms with Gasteiger partial charge in [0.15, 0.2) is 0 Å². The van der Waals surface area contributed by atoms with Crippen LogP contribution in [-0.2, 0) is 4.79 Å². The first-order chi connectivity index (χ1) is 14.3. The summed E-state index contributed by atoms with van der Waals surface area (Å²) in [5.74, 6) is 0.520. The van der Waals surface area contributed by atoms with Crippen LogP contribution in [0.15, 0.2) is 53.7 Å². The third-order valence-electron chi connectivity index (χ3n) is 4.60. The first kappa shape index (κ1) is 20.6. The van der Waals surface area contributed by atoms with Crippen LogP contribution in [0, 0.1) is 10.1 Å². The Kier molecular flexibility index (Phi) is 5.86. The molecule has 1 aliphatic heterocycles. The monoisotopic (exact) mass is 412 g/mol. The second-order valence-corrected chi connectivity index (χ2v) is 6.44. The highest BCUT2D eigenvalue weighted by atomic mass is 16.6. The van der Waals surface area contributed by atoms with Crippen molar-refractivity contribution in [3.8, 4) is 11.5 Å². The number of nitrogens with one attached hydrogen (secondary N) is 3. The molecule has 3 amide bonds. The number of nitrogens with zero attached hydrogens (tertiary/aromatic N) is 1. The van der Waals surface area contributed by atoms with Gasteiger partial charge >= 0.3 is 6.03 Å². The fraction of sp³-hybridized carbons (Fsp3) is 0.200. The van der Waals surface area contributed by atoms with Crippen molar-refractivity contribution in [1.29, 1.82) is 0 Å². The Bertz CT molecular complexity index is 1030. The molecule has 0 aromatic heterocycles. The summed E-state index contributed by atoms with van der Waals surface area (Å²) in [6.07, 6.45) is 0. The number of non-ortho nitro benzene ring substituents is 1. The predicted octanol–water partition coefficient (Wildman–Crippen LogP) is 2.88. The average molecular weight is 412 g/mol. The van der Waals surface area contributed by atoms with Crippen LogP contribution in [0.4, 0.5) is 16.2 Å². The fourth-order valence-electron chi connectivity index (χ4n) is 3.16. The molecule has 3 N–H and O–H groups in total. The molecule has 1 heterocycles. The van der Waals surface area contributed by atoms with Gasteiger partial charge in [0, 0.05) is 29.1 Å². The first-order valence-corrected chi connectivity index (χ1v) is 8.90. The smallest absolute Gasteiger partial charge is 0.319 e. The van der Waals surface area contributed by atoms with E-state index in [1.54, 1.807) is 25.1 Å². The average Bonchev–Trinajstić information content (AvgIpc) is 2.72. The Balaban J connectivity index is 1.98. The topological polar surface area (TPSA) is 132 Å². The molecule has 156 valence electrons. The molecule has 1 aliphatic rings. The van der Waals surface area contributed by atoms with Crippen LogP contribution in [0.1, 0.15) is 18.5 Å². The molecule has 0 radical (unpaired) electrons. The number of amides is 3. The number of carbonyl (C=O) groups is 2. The lowest BCUT2D eigenvalue weighted by molar-refractivity contribution is -0.384. The minimum atomic E-state index is -0.804. The van der Waals surface area contributed by atoms with Crippen molar-refractivity contribution in [2.45, 2.75) is 13.0 Å². The van der Waals surface area contributed by atoms with Crippen molar-refractivity contribution in [3.05, 3.63) is 69.4 Å². The lowest BCUT2D eigenvalue weighted by Gasteiger charge is -2.29. The molecule has 0 saturated heterocycles. The number of rotatable bonds is 6. The molecule has 0 saturated carbocycles. The molecule has 10 heteroatoms. The van der Waals surface area contributed by atoms with Gasteiger partial charge in [-0.1, -0.05) is 0 Å². The minimum Gasteiger partial charge on any atom is -0.497 e. The highest BCUT2D eigenvalue weighted by Crippen LogP contribution is 2.36. The summed E-state index contributed by atoms with van der Waals surface area (Å²) in [7, 11) is 3.00. The number of anilines is 1. The Hall–Kier alpha value is -4.08. The number of urea groups is 1. The summed E-state index contributed by atoms with van der Waals surface area (Å²) in [6.45, 7) is 1.61. The number of benzene rings is 2. The van der Waals surface area contributed by atoms with Crippen molar-refractivity contribution in [1.82, 2.24) is 10.6 Å². The molecule has 0 bridgehead atoms. The van der Waals surface area contributed by atoms with Gasteiger partial charge in [-0.3, -0.25) is 14.9 Å². The van der Waals surface area contributed by atoms with Crippen LogP contribution in [0.2, 0.25) is 0 Å². The van der Waals surface area contributed by atoms with Gasteiger partial charge in [0.25, 0.3) is 11.6 Å². The summed E-state index contributed by atoms with van der Waals surface area (Å²) in [4.78, 5) is 35.5. The fourth-order valence-corrected chi connectivity index (χ4v) is 3.16. The summed E-state index contributed by atoms with van der Waals surface area (Å²) in [6, 6.07) is 9.25. The molecule has 0 spiro atoms. The van der Waals surface area contributed by atoms with Crippen LogP contribution in [-0.4, -0.2) is 31.1 Å². The number of nitro groups is 1. The summed E-state index contributed by atoms with van der Waals surface area (Å²) in [5, 5.41) is 18.8. The van der Waals surface area contributed by atoms with Gasteiger partial charge in [-0.2, -0.15) is 0 Å². The lowest BCUT2D eigenvalue weighted by Crippen LogP contribution is -2.46. The minimum absolute atomic E-state index is 0.0889. The van der Waals surface area contributed by atoms with Crippen molar-refractivity contribution < 1.29 is 24.0 Å². The van der Waals surface area contributed by atoms with Crippen molar-refractivity contribution in [3.63, 3.8) is 0 Å². The van der Waals surface area contributed by atoms with Crippen LogP contribution >= 0.6 is 0 Å². The summed E-state index contributed by atoms with van der Waals surface area (Å²) < 4.78 is 10.7. The lowest BCUT2D eigenvalue weighted by atomic mass is 9.93. The molecule has 0 fully saturated rings. The maximum Gasteiger partial charge on any atom is 0.319 e. The zero-order chi connectivity index (χ0) is 21.8. The zero-order valence-electron chi connectivity index (χ0n) is 16.5. The highest BCUT2D eigenvalue weighted by Gasteiger charge is 2.33. The molecule has 30 heavy (non-hydrogen) atoms. The molecule has 1 atom stereocenters. The number of ether oxygens (including phenoxy) is 2. The van der Waals surface area contributed by atoms with Gasteiger partial charge < -0.3 is 25.4 Å². The van der Waals surface area contributed by atoms with Gasteiger partial charge in [-0.15, -0.1) is 0 Å². The predicted molar refractivity (Wildman–Crippen MR) is 108 cm³/mol. The number of allylic oxidation sites excluding steroid dienone is 1. The van der Waals surface area contributed by atoms with Gasteiger partial charge in [-0.05, 0) is 37.3 Å². The van der Waals surface area contributed by atoms with Crippen LogP contribution in [0.25, 0.3) is 0 Å². The normalized spacial score (nSPS) is 15.7. The van der Waals surface area contributed by atoms with Crippen LogP contribution < -0.4 is 25.4 Å². The van der Waals surface area contributed by atoms with E-state index in [2.05, 4.69) is 16.0 Å². The maximum atomic E-state index is 13.1. The van der Waals surface area contributed by atoms with E-state index in [0.29, 0.717) is 28.4 Å². The van der Waals surface area contributed by atoms with Gasteiger partial charge in [0.05, 0.1) is 30.8 Å². The zero-order valence-corrected chi connectivity index (χ0v) is 16.5. The molecule has 0 unspecified atom stereocenters. The largest absolute Gasteiger partial charge is 0.497 e. The molecular weight excluding hydrogens is 392 g/mol. The van der Waals surface area contributed by atoms with Crippen molar-refractivity contribution >= 4 is 23.3 Å². The number of hydrogen-bond donors (Lipinski definition) is 3. The number of hydrogen-bond acceptors (Lipinski definition) is 6. The quantitative estimate of drug-likeness (QED) is 0.494. The van der Waals surface area contributed by atoms with E-state index >= 15 is 0 Å². The molecule has 10 nitrogen and oxygen atoms in total. The van der Waals surface area contributed by atoms with Gasteiger partial charge in [0.2, 0.25) is 0 Å². The second kappa shape index (κ2) is 8.52. The maximum absolute atomic E-state index is 13.1. The Morgan fingerprint density at radius 3 is 2.43 bits per heavy atom. The molecule has 0 aliphatic carbocycles. The Morgan fingerprint density at radius 1 is 1.13 bits per heavy atom. The third-order valence-corrected chi connectivity index (χ3v) is 4.60. The van der Waals surface area contributed by atoms with E-state index in [4.69, 9.17) is 9.47 Å². The standard InChI is InChI=1S/C20H20N4O6/c1-11-17(19(25)22-12-4-6-13(7-5-12)24(27)28)18(23-20(26)21-11)15-10-14(29-2)8-9-16(15)30-3/h4-10,18H,1-3H3,(H,22,25)(H2,21,23,26)/t18-/m0/s1. The second-order valence-electron chi connectivity index (χ2n) is 6.44. The number of nitro benzene ring substituents is 1. The van der Waals surface area contributed by atoms with Gasteiger partial charge in [-0.25, -0.2) is 4.79 Å². The molecule has 2 aromatic rings. The van der Waals surface area contributed by atoms with E-state index in [1.165, 1.54) is 38.5 Å². The summed E-state index contributed by atoms with van der Waals surface area (Å²) in [5.41, 5.74) is 1.46. The van der Waals surface area contributed by atoms with E-state index in [1.807, 2.05) is 0 Å². The van der Waals surface area contributed by atoms with E-state index in [9.17, 15) is 19.7 Å². The van der Waals surface area contributed by atoms with E-state index in [-0.39, 0.29) is 11.3 Å². The first-order valence-electron chi connectivity index (χ1n) is 8.90. The third kappa shape index (κ3) is 4.17. The van der Waals surface area contributed by atoms with Crippen molar-refractivity contribution in [2.24, 2.45) is 0 Å². The van der Waals surface area contributed by atoms with Crippen LogP contribution in [0.5, 0.6) is 11.5 Å². The van der Waals surface area contributed by atoms with E-state index in [0.717, 1.165) is 0 Å². The SMILES string of the molecule is COc1ccc(OC)c([C@@H]2NC(=O)NC(C)=C2C(=O)Nc2ccc([N+](=O)[O-])cc2)c1. The molecule has 3 rings (SSSR count). The number of methoxy groups -OCH3 is 2.